The molecule has 15 heavy (non-hydrogen) atoms. The normalized spacial score (nSPS) is 10.3. The zero-order chi connectivity index (χ0) is 10.8. The minimum Gasteiger partial charge on any atom is -0.492 e. The van der Waals surface area contributed by atoms with E-state index in [-0.39, 0.29) is 10.5 Å². The molecule has 2 rings (SSSR count). The van der Waals surface area contributed by atoms with E-state index >= 15 is 0 Å². The molecule has 0 amide bonds. The molecule has 0 saturated heterocycles. The predicted octanol–water partition coefficient (Wildman–Crippen LogP) is 2.28. The van der Waals surface area contributed by atoms with Crippen LogP contribution < -0.4 is 14.2 Å². The van der Waals surface area contributed by atoms with Crippen molar-refractivity contribution in [1.82, 2.24) is 0 Å². The lowest BCUT2D eigenvalue weighted by Gasteiger charge is -2.08. The van der Waals surface area contributed by atoms with Crippen molar-refractivity contribution in [2.75, 3.05) is 14.2 Å². The third-order valence-corrected chi connectivity index (χ3v) is 3.08. The van der Waals surface area contributed by atoms with Crippen LogP contribution in [0.25, 0.3) is 10.1 Å². The van der Waals surface area contributed by atoms with Gasteiger partial charge >= 0.3 is 0 Å². The number of fused-ring (bicyclic) bond motifs is 1. The van der Waals surface area contributed by atoms with Gasteiger partial charge in [0.05, 0.1) is 14.2 Å². The van der Waals surface area contributed by atoms with Crippen molar-refractivity contribution in [3.05, 3.63) is 33.8 Å². The van der Waals surface area contributed by atoms with Crippen molar-refractivity contribution >= 4 is 21.4 Å². The van der Waals surface area contributed by atoms with Crippen LogP contribution in [0.4, 0.5) is 0 Å². The van der Waals surface area contributed by atoms with Gasteiger partial charge in [-0.25, -0.2) is 0 Å². The standard InChI is InChI=1S/C11H10O3S/c1-13-9-7-5-3-4-6-8(7)15-11(12)10(9)14-2/h3-6H,1-2H3. The van der Waals surface area contributed by atoms with Gasteiger partial charge in [0.1, 0.15) is 0 Å². The van der Waals surface area contributed by atoms with Crippen LogP contribution in [0.3, 0.4) is 0 Å². The second kappa shape index (κ2) is 3.90. The lowest BCUT2D eigenvalue weighted by molar-refractivity contribution is 0.357. The Morgan fingerprint density at radius 1 is 1.07 bits per heavy atom. The fraction of sp³-hybridized carbons (Fsp3) is 0.182. The molecule has 1 aromatic heterocycles. The molecule has 0 saturated carbocycles. The summed E-state index contributed by atoms with van der Waals surface area (Å²) in [6, 6.07) is 7.60. The lowest BCUT2D eigenvalue weighted by Crippen LogP contribution is -2.03. The Bertz CT molecular complexity index is 545. The first-order valence-corrected chi connectivity index (χ1v) is 5.23. The van der Waals surface area contributed by atoms with E-state index in [9.17, 15) is 4.79 Å². The van der Waals surface area contributed by atoms with Crippen molar-refractivity contribution in [2.24, 2.45) is 0 Å². The SMILES string of the molecule is COc1c(OC)c2ccccc2sc1=O. The molecule has 0 aliphatic heterocycles. The van der Waals surface area contributed by atoms with Crippen LogP contribution in [-0.4, -0.2) is 14.2 Å². The molecule has 1 heterocycles. The first-order valence-electron chi connectivity index (χ1n) is 4.41. The van der Waals surface area contributed by atoms with E-state index in [1.807, 2.05) is 24.3 Å². The summed E-state index contributed by atoms with van der Waals surface area (Å²) in [4.78, 5) is 11.7. The maximum absolute atomic E-state index is 11.7. The van der Waals surface area contributed by atoms with Crippen molar-refractivity contribution in [2.45, 2.75) is 0 Å². The Kier molecular flexibility index (Phi) is 2.60. The van der Waals surface area contributed by atoms with Gasteiger partial charge in [0.15, 0.2) is 5.75 Å². The molecule has 0 aliphatic rings. The van der Waals surface area contributed by atoms with Gasteiger partial charge in [0, 0.05) is 10.1 Å². The van der Waals surface area contributed by atoms with Crippen molar-refractivity contribution in [3.63, 3.8) is 0 Å². The molecule has 0 unspecified atom stereocenters. The fourth-order valence-electron chi connectivity index (χ4n) is 1.48. The van der Waals surface area contributed by atoms with Crippen molar-refractivity contribution in [3.8, 4) is 11.5 Å². The molecule has 0 spiro atoms. The van der Waals surface area contributed by atoms with Gasteiger partial charge < -0.3 is 9.47 Å². The second-order valence-electron chi connectivity index (χ2n) is 2.95. The topological polar surface area (TPSA) is 35.5 Å². The molecule has 0 N–H and O–H groups in total. The number of hydrogen-bond acceptors (Lipinski definition) is 4. The first-order chi connectivity index (χ1) is 7.27. The minimum absolute atomic E-state index is 0.118. The summed E-state index contributed by atoms with van der Waals surface area (Å²) in [6.45, 7) is 0. The second-order valence-corrected chi connectivity index (χ2v) is 3.97. The van der Waals surface area contributed by atoms with Gasteiger partial charge in [0.2, 0.25) is 5.75 Å². The molecule has 0 aliphatic carbocycles. The highest BCUT2D eigenvalue weighted by molar-refractivity contribution is 7.16. The van der Waals surface area contributed by atoms with E-state index in [0.717, 1.165) is 21.4 Å². The molecule has 1 aromatic carbocycles. The van der Waals surface area contributed by atoms with Crippen LogP contribution in [0.2, 0.25) is 0 Å². The van der Waals surface area contributed by atoms with E-state index in [4.69, 9.17) is 9.47 Å². The summed E-state index contributed by atoms with van der Waals surface area (Å²) in [5.74, 6) is 0.790. The van der Waals surface area contributed by atoms with Crippen LogP contribution >= 0.6 is 11.3 Å². The van der Waals surface area contributed by atoms with E-state index in [1.165, 1.54) is 14.2 Å². The Labute approximate surface area is 90.9 Å². The highest BCUT2D eigenvalue weighted by atomic mass is 32.1. The summed E-state index contributed by atoms with van der Waals surface area (Å²) >= 11 is 1.16. The van der Waals surface area contributed by atoms with Crippen LogP contribution in [0, 0.1) is 0 Å². The summed E-state index contributed by atoms with van der Waals surface area (Å²) in [7, 11) is 3.01. The maximum Gasteiger partial charge on any atom is 0.278 e. The molecule has 0 radical (unpaired) electrons. The molecule has 0 bridgehead atoms. The largest absolute Gasteiger partial charge is 0.492 e. The smallest absolute Gasteiger partial charge is 0.278 e. The van der Waals surface area contributed by atoms with Crippen LogP contribution in [0.5, 0.6) is 11.5 Å². The van der Waals surface area contributed by atoms with Crippen LogP contribution in [-0.2, 0) is 0 Å². The van der Waals surface area contributed by atoms with E-state index in [1.54, 1.807) is 0 Å². The average Bonchev–Trinajstić information content (AvgIpc) is 2.27. The molecular weight excluding hydrogens is 212 g/mol. The number of hydrogen-bond donors (Lipinski definition) is 0. The highest BCUT2D eigenvalue weighted by Gasteiger charge is 2.13. The van der Waals surface area contributed by atoms with E-state index < -0.39 is 0 Å². The van der Waals surface area contributed by atoms with E-state index in [0.29, 0.717) is 5.75 Å². The molecule has 2 aromatic rings. The summed E-state index contributed by atoms with van der Waals surface area (Å²) in [5, 5.41) is 0.904. The Balaban J connectivity index is 2.91. The summed E-state index contributed by atoms with van der Waals surface area (Å²) < 4.78 is 11.0. The minimum atomic E-state index is -0.118. The Morgan fingerprint density at radius 2 is 1.73 bits per heavy atom. The predicted molar refractivity (Wildman–Crippen MR) is 61.2 cm³/mol. The molecule has 4 heteroatoms. The Hall–Kier alpha value is -1.55. The third kappa shape index (κ3) is 1.57. The Morgan fingerprint density at radius 3 is 2.40 bits per heavy atom. The van der Waals surface area contributed by atoms with Gasteiger partial charge in [-0.05, 0) is 12.1 Å². The summed E-state index contributed by atoms with van der Waals surface area (Å²) in [5.41, 5.74) is 0. The number of ether oxygens (including phenoxy) is 2. The van der Waals surface area contributed by atoms with Gasteiger partial charge in [-0.3, -0.25) is 4.79 Å². The first kappa shape index (κ1) is 9.98. The van der Waals surface area contributed by atoms with Gasteiger partial charge in [0.25, 0.3) is 4.74 Å². The van der Waals surface area contributed by atoms with Gasteiger partial charge in [-0.1, -0.05) is 23.5 Å². The summed E-state index contributed by atoms with van der Waals surface area (Å²) in [6.07, 6.45) is 0. The van der Waals surface area contributed by atoms with Gasteiger partial charge in [-0.2, -0.15) is 0 Å². The quantitative estimate of drug-likeness (QED) is 0.782. The number of methoxy groups -OCH3 is 2. The van der Waals surface area contributed by atoms with Crippen molar-refractivity contribution < 1.29 is 9.47 Å². The zero-order valence-electron chi connectivity index (χ0n) is 8.44. The van der Waals surface area contributed by atoms with Crippen LogP contribution in [0.15, 0.2) is 29.1 Å². The van der Waals surface area contributed by atoms with Crippen LogP contribution in [0.1, 0.15) is 0 Å². The number of benzene rings is 1. The third-order valence-electron chi connectivity index (χ3n) is 2.13. The fourth-order valence-corrected chi connectivity index (χ4v) is 2.37. The van der Waals surface area contributed by atoms with E-state index in [2.05, 4.69) is 0 Å². The molecule has 3 nitrogen and oxygen atoms in total. The monoisotopic (exact) mass is 222 g/mol. The van der Waals surface area contributed by atoms with Gasteiger partial charge in [-0.15, -0.1) is 0 Å². The molecule has 0 atom stereocenters. The molecule has 0 fully saturated rings. The number of rotatable bonds is 2. The lowest BCUT2D eigenvalue weighted by atomic mass is 10.2. The maximum atomic E-state index is 11.7. The molecular formula is C11H10O3S. The van der Waals surface area contributed by atoms with Crippen molar-refractivity contribution in [1.29, 1.82) is 0 Å². The average molecular weight is 222 g/mol. The highest BCUT2D eigenvalue weighted by Crippen LogP contribution is 2.33. The zero-order valence-corrected chi connectivity index (χ0v) is 9.26. The molecule has 78 valence electrons.